The Balaban J connectivity index is 2.44. The molecule has 0 aromatic heterocycles. The van der Waals surface area contributed by atoms with Crippen LogP contribution in [0.5, 0.6) is 5.75 Å². The third-order valence-corrected chi connectivity index (χ3v) is 6.88. The molecule has 24 heavy (non-hydrogen) atoms. The Hall–Kier alpha value is -0.770. The third-order valence-electron chi connectivity index (χ3n) is 3.43. The molecule has 9 heteroatoms. The van der Waals surface area contributed by atoms with Gasteiger partial charge in [0, 0.05) is 22.5 Å². The predicted octanol–water partition coefficient (Wildman–Crippen LogP) is 2.52. The van der Waals surface area contributed by atoms with Gasteiger partial charge in [-0.2, -0.15) is 16.1 Å². The number of rotatable bonds is 6. The lowest BCUT2D eigenvalue weighted by Crippen LogP contribution is -2.50. The quantitative estimate of drug-likeness (QED) is 0.636. The van der Waals surface area contributed by atoms with Crippen LogP contribution in [0.1, 0.15) is 13.8 Å². The molecule has 134 valence electrons. The first-order chi connectivity index (χ1) is 11.4. The fraction of sp³-hybridized carbons (Fsp3) is 0.533. The van der Waals surface area contributed by atoms with Gasteiger partial charge in [-0.05, 0) is 32.0 Å². The van der Waals surface area contributed by atoms with E-state index in [0.29, 0.717) is 22.6 Å². The Morgan fingerprint density at radius 1 is 1.38 bits per heavy atom. The Morgan fingerprint density at radius 2 is 2.12 bits per heavy atom. The number of ether oxygens (including phenoxy) is 2. The van der Waals surface area contributed by atoms with E-state index >= 15 is 0 Å². The summed E-state index contributed by atoms with van der Waals surface area (Å²) in [5, 5.41) is 0. The van der Waals surface area contributed by atoms with Gasteiger partial charge in [0.25, 0.3) is 0 Å². The van der Waals surface area contributed by atoms with Crippen LogP contribution in [0.4, 0.5) is 0 Å². The monoisotopic (exact) mass is 437 g/mol. The van der Waals surface area contributed by atoms with E-state index in [0.717, 1.165) is 0 Å². The smallest absolute Gasteiger partial charge is 0.325 e. The number of halogens is 1. The minimum absolute atomic E-state index is 0.0555. The van der Waals surface area contributed by atoms with Gasteiger partial charge in [-0.25, -0.2) is 8.42 Å². The van der Waals surface area contributed by atoms with E-state index in [-0.39, 0.29) is 23.8 Å². The van der Waals surface area contributed by atoms with Crippen LogP contribution in [-0.4, -0.2) is 56.0 Å². The van der Waals surface area contributed by atoms with Crippen molar-refractivity contribution in [2.75, 3.05) is 31.3 Å². The molecule has 6 nitrogen and oxygen atoms in total. The molecule has 0 amide bonds. The molecular weight excluding hydrogens is 418 g/mol. The maximum Gasteiger partial charge on any atom is 0.325 e. The first-order valence-electron chi connectivity index (χ1n) is 7.60. The van der Waals surface area contributed by atoms with E-state index in [1.165, 1.54) is 10.4 Å². The van der Waals surface area contributed by atoms with Crippen molar-refractivity contribution in [3.05, 3.63) is 22.7 Å². The summed E-state index contributed by atoms with van der Waals surface area (Å²) in [7, 11) is -3.89. The first kappa shape index (κ1) is 19.6. The molecular formula is C15H20BrNO5S2. The number of thioether (sulfide) groups is 1. The molecule has 1 fully saturated rings. The zero-order chi connectivity index (χ0) is 17.7. The summed E-state index contributed by atoms with van der Waals surface area (Å²) in [6.07, 6.45) is 0. The summed E-state index contributed by atoms with van der Waals surface area (Å²) in [5.74, 6) is 0.783. The standard InChI is InChI=1S/C15H20BrNO5S2/c1-3-21-13-6-5-11(16)9-14(13)24(19,20)17-7-8-23-10-12(17)15(18)22-4-2/h5-6,9,12H,3-4,7-8,10H2,1-2H3/t12-/m0/s1. The fourth-order valence-corrected chi connectivity index (χ4v) is 5.88. The summed E-state index contributed by atoms with van der Waals surface area (Å²) in [4.78, 5) is 12.2. The second-order valence-corrected chi connectivity index (χ2v) is 8.91. The normalized spacial score (nSPS) is 19.0. The van der Waals surface area contributed by atoms with E-state index in [2.05, 4.69) is 15.9 Å². The van der Waals surface area contributed by atoms with Crippen molar-refractivity contribution in [3.8, 4) is 5.75 Å². The van der Waals surface area contributed by atoms with E-state index in [9.17, 15) is 13.2 Å². The largest absolute Gasteiger partial charge is 0.492 e. The molecule has 0 N–H and O–H groups in total. The minimum atomic E-state index is -3.89. The number of benzene rings is 1. The van der Waals surface area contributed by atoms with E-state index < -0.39 is 22.0 Å². The van der Waals surface area contributed by atoms with Crippen molar-refractivity contribution in [1.82, 2.24) is 4.31 Å². The number of carbonyl (C=O) groups is 1. The van der Waals surface area contributed by atoms with Gasteiger partial charge in [-0.15, -0.1) is 0 Å². The molecule has 1 aromatic rings. The van der Waals surface area contributed by atoms with Crippen molar-refractivity contribution >= 4 is 43.7 Å². The molecule has 0 unspecified atom stereocenters. The number of sulfonamides is 1. The summed E-state index contributed by atoms with van der Waals surface area (Å²) in [5.41, 5.74) is 0. The van der Waals surface area contributed by atoms with Gasteiger partial charge >= 0.3 is 5.97 Å². The van der Waals surface area contributed by atoms with Crippen molar-refractivity contribution in [2.45, 2.75) is 24.8 Å². The predicted molar refractivity (Wildman–Crippen MR) is 96.9 cm³/mol. The Labute approximate surface area is 155 Å². The van der Waals surface area contributed by atoms with E-state index in [1.807, 2.05) is 0 Å². The molecule has 0 saturated carbocycles. The SMILES string of the molecule is CCOC(=O)[C@@H]1CSCCN1S(=O)(=O)c1cc(Br)ccc1OCC. The molecule has 1 atom stereocenters. The third kappa shape index (κ3) is 4.25. The van der Waals surface area contributed by atoms with Crippen LogP contribution in [0.15, 0.2) is 27.6 Å². The van der Waals surface area contributed by atoms with Gasteiger partial charge in [0.15, 0.2) is 0 Å². The molecule has 1 aromatic carbocycles. The summed E-state index contributed by atoms with van der Waals surface area (Å²) < 4.78 is 38.7. The van der Waals surface area contributed by atoms with E-state index in [4.69, 9.17) is 9.47 Å². The molecule has 2 rings (SSSR count). The number of hydrogen-bond donors (Lipinski definition) is 0. The maximum atomic E-state index is 13.2. The minimum Gasteiger partial charge on any atom is -0.492 e. The Morgan fingerprint density at radius 3 is 2.79 bits per heavy atom. The highest BCUT2D eigenvalue weighted by molar-refractivity contribution is 9.10. The van der Waals surface area contributed by atoms with Crippen molar-refractivity contribution in [1.29, 1.82) is 0 Å². The lowest BCUT2D eigenvalue weighted by molar-refractivity contribution is -0.146. The molecule has 1 aliphatic rings. The lowest BCUT2D eigenvalue weighted by Gasteiger charge is -2.33. The highest BCUT2D eigenvalue weighted by atomic mass is 79.9. The summed E-state index contributed by atoms with van der Waals surface area (Å²) >= 11 is 4.84. The van der Waals surface area contributed by atoms with Crippen LogP contribution in [0.25, 0.3) is 0 Å². The molecule has 0 aliphatic carbocycles. The molecule has 0 radical (unpaired) electrons. The zero-order valence-corrected chi connectivity index (χ0v) is 16.7. The van der Waals surface area contributed by atoms with Gasteiger partial charge in [-0.1, -0.05) is 15.9 Å². The molecule has 1 saturated heterocycles. The van der Waals surface area contributed by atoms with Gasteiger partial charge in [-0.3, -0.25) is 4.79 Å². The summed E-state index contributed by atoms with van der Waals surface area (Å²) in [6, 6.07) is 4.02. The maximum absolute atomic E-state index is 13.2. The fourth-order valence-electron chi connectivity index (χ4n) is 2.38. The highest BCUT2D eigenvalue weighted by Gasteiger charge is 2.40. The second kappa shape index (κ2) is 8.55. The van der Waals surface area contributed by atoms with Crippen LogP contribution in [0.3, 0.4) is 0 Å². The topological polar surface area (TPSA) is 72.9 Å². The molecule has 1 heterocycles. The van der Waals surface area contributed by atoms with Crippen LogP contribution < -0.4 is 4.74 Å². The van der Waals surface area contributed by atoms with Crippen molar-refractivity contribution in [2.24, 2.45) is 0 Å². The average Bonchev–Trinajstić information content (AvgIpc) is 2.57. The number of hydrogen-bond acceptors (Lipinski definition) is 6. The van der Waals surface area contributed by atoms with Gasteiger partial charge in [0.1, 0.15) is 16.7 Å². The van der Waals surface area contributed by atoms with Gasteiger partial charge in [0.2, 0.25) is 10.0 Å². The molecule has 1 aliphatic heterocycles. The first-order valence-corrected chi connectivity index (χ1v) is 11.0. The lowest BCUT2D eigenvalue weighted by atomic mass is 10.3. The number of carbonyl (C=O) groups excluding carboxylic acids is 1. The Bertz CT molecular complexity index is 695. The van der Waals surface area contributed by atoms with Crippen molar-refractivity contribution < 1.29 is 22.7 Å². The highest BCUT2D eigenvalue weighted by Crippen LogP contribution is 2.33. The second-order valence-electron chi connectivity index (χ2n) is 4.98. The van der Waals surface area contributed by atoms with Gasteiger partial charge in [0.05, 0.1) is 13.2 Å². The van der Waals surface area contributed by atoms with E-state index in [1.54, 1.807) is 37.7 Å². The van der Waals surface area contributed by atoms with Crippen molar-refractivity contribution in [3.63, 3.8) is 0 Å². The van der Waals surface area contributed by atoms with Crippen LogP contribution >= 0.6 is 27.7 Å². The molecule has 0 bridgehead atoms. The van der Waals surface area contributed by atoms with Crippen LogP contribution in [0.2, 0.25) is 0 Å². The number of nitrogens with zero attached hydrogens (tertiary/aromatic N) is 1. The van der Waals surface area contributed by atoms with Crippen LogP contribution in [-0.2, 0) is 19.6 Å². The zero-order valence-electron chi connectivity index (χ0n) is 13.5. The van der Waals surface area contributed by atoms with Gasteiger partial charge < -0.3 is 9.47 Å². The number of esters is 1. The average molecular weight is 438 g/mol. The Kier molecular flexibility index (Phi) is 6.97. The van der Waals surface area contributed by atoms with Crippen LogP contribution in [0, 0.1) is 0 Å². The summed E-state index contributed by atoms with van der Waals surface area (Å²) in [6.45, 7) is 4.32. The molecule has 0 spiro atoms.